The summed E-state index contributed by atoms with van der Waals surface area (Å²) >= 11 is 4.71. The van der Waals surface area contributed by atoms with E-state index in [-0.39, 0.29) is 5.91 Å². The third-order valence-corrected chi connectivity index (χ3v) is 14.8. The highest BCUT2D eigenvalue weighted by Gasteiger charge is 2.37. The van der Waals surface area contributed by atoms with Gasteiger partial charge in [-0.25, -0.2) is 19.9 Å². The molecule has 4 aliphatic heterocycles. The van der Waals surface area contributed by atoms with E-state index in [1.807, 2.05) is 74.8 Å². The maximum atomic E-state index is 12.3. The van der Waals surface area contributed by atoms with Gasteiger partial charge in [0.1, 0.15) is 11.5 Å². The summed E-state index contributed by atoms with van der Waals surface area (Å²) in [6, 6.07) is 29.4. The molecule has 4 aliphatic rings. The molecule has 0 bridgehead atoms. The second kappa shape index (κ2) is 22.8. The lowest BCUT2D eigenvalue weighted by Crippen LogP contribution is -2.63. The number of rotatable bonds is 15. The number of anilines is 8. The molecular formula is C58H63ClN14O4. The third-order valence-electron chi connectivity index (χ3n) is 14.6. The van der Waals surface area contributed by atoms with Gasteiger partial charge in [0.2, 0.25) is 23.0 Å². The van der Waals surface area contributed by atoms with Crippen LogP contribution in [0.2, 0.25) is 0 Å². The van der Waals surface area contributed by atoms with Gasteiger partial charge < -0.3 is 50.1 Å². The number of nitrogens with one attached hydrogen (secondary N) is 3. The Bertz CT molecular complexity index is 3480. The van der Waals surface area contributed by atoms with Crippen molar-refractivity contribution in [3.63, 3.8) is 0 Å². The number of aryl methyl sites for hydroxylation is 2. The number of nitrogens with zero attached hydrogens (tertiary/aromatic N) is 10. The van der Waals surface area contributed by atoms with Crippen molar-refractivity contribution in [1.29, 1.82) is 0 Å². The molecule has 8 aromatic rings. The molecule has 0 unspecified atom stereocenters. The van der Waals surface area contributed by atoms with Crippen LogP contribution in [0.5, 0.6) is 11.5 Å². The minimum absolute atomic E-state index is 0.267. The van der Waals surface area contributed by atoms with Gasteiger partial charge >= 0.3 is 0 Å². The Morgan fingerprint density at radius 1 is 0.649 bits per heavy atom. The SMILES string of the molecule is C=CC(=O)Cl.C=CC(=O)Nc1cc(Nc2nccc(-c3cn(C)c4ccccc34)n2)c(OC)cc1N1CC(N2CCC2)C1.COc1cc(N2CC(N3CCC3)C2)c(N)cc1Nc1nccc(-c2cn(C)c3ccccc23)n1. The predicted octanol–water partition coefficient (Wildman–Crippen LogP) is 9.21. The van der Waals surface area contributed by atoms with Gasteiger partial charge in [-0.1, -0.05) is 49.6 Å². The summed E-state index contributed by atoms with van der Waals surface area (Å²) in [7, 11) is 7.39. The molecule has 4 fully saturated rings. The standard InChI is InChI=1S/C29H31N7O2.C26H29N7O.C3H3ClO/c1-4-28(37)31-23-14-24(27(38-3)15-26(23)36-16-19(17-36)35-12-7-13-35)33-29-30-11-10-22(32-29)21-18-34(2)25-9-6-5-8-20(21)25;1-31-16-19(18-6-3-4-7-23(18)31)21-8-9-28-26(29-21)30-22-12-20(27)24(13-25(22)34-2)33-14-17(15-33)32-10-5-11-32;1-2-3(4)5/h4-6,8-11,14-15,18-19H,1,7,12-13,16-17H2,2-3H3,(H,31,37)(H,30,32,33);3-4,6-9,12-13,16-17H,5,10-11,14-15,27H2,1-2H3,(H,28,29,30);2H,1H2. The van der Waals surface area contributed by atoms with E-state index >= 15 is 0 Å². The summed E-state index contributed by atoms with van der Waals surface area (Å²) in [4.78, 5) is 49.9. The first kappa shape index (κ1) is 52.0. The Hall–Kier alpha value is -8.45. The van der Waals surface area contributed by atoms with E-state index in [2.05, 4.69) is 104 Å². The quantitative estimate of drug-likeness (QED) is 0.0432. The van der Waals surface area contributed by atoms with Crippen LogP contribution < -0.4 is 41.0 Å². The first-order valence-corrected chi connectivity index (χ1v) is 26.0. The predicted molar refractivity (Wildman–Crippen MR) is 309 cm³/mol. The Labute approximate surface area is 452 Å². The summed E-state index contributed by atoms with van der Waals surface area (Å²) in [5.74, 6) is 2.03. The molecule has 4 aromatic carbocycles. The van der Waals surface area contributed by atoms with E-state index in [0.29, 0.717) is 41.1 Å². The number of hydrogen-bond acceptors (Lipinski definition) is 15. The number of ether oxygens (including phenoxy) is 2. The molecule has 1 amide bonds. The summed E-state index contributed by atoms with van der Waals surface area (Å²) < 4.78 is 15.7. The van der Waals surface area contributed by atoms with Crippen molar-refractivity contribution < 1.29 is 19.1 Å². The smallest absolute Gasteiger partial charge is 0.247 e. The largest absolute Gasteiger partial charge is 0.494 e. The van der Waals surface area contributed by atoms with Crippen LogP contribution in [0.1, 0.15) is 12.8 Å². The molecule has 18 nitrogen and oxygen atoms in total. The van der Waals surface area contributed by atoms with Gasteiger partial charge in [-0.15, -0.1) is 0 Å². The zero-order chi connectivity index (χ0) is 53.7. The van der Waals surface area contributed by atoms with Gasteiger partial charge in [-0.3, -0.25) is 19.4 Å². The number of benzene rings is 4. The lowest BCUT2D eigenvalue weighted by atomic mass is 10.0. The Kier molecular flexibility index (Phi) is 15.4. The number of para-hydroxylation sites is 2. The number of methoxy groups -OCH3 is 2. The number of likely N-dealkylation sites (tertiary alicyclic amines) is 2. The molecule has 19 heteroatoms. The molecule has 0 spiro atoms. The number of amides is 1. The van der Waals surface area contributed by atoms with Gasteiger partial charge in [0.25, 0.3) is 0 Å². The van der Waals surface area contributed by atoms with Crippen LogP contribution in [0.3, 0.4) is 0 Å². The van der Waals surface area contributed by atoms with Crippen LogP contribution >= 0.6 is 11.6 Å². The normalized spacial score (nSPS) is 15.3. The van der Waals surface area contributed by atoms with Crippen molar-refractivity contribution in [1.82, 2.24) is 38.9 Å². The van der Waals surface area contributed by atoms with Crippen molar-refractivity contribution in [2.45, 2.75) is 24.9 Å². The van der Waals surface area contributed by atoms with Crippen LogP contribution in [0.25, 0.3) is 44.3 Å². The number of carbonyl (C=O) groups is 2. The van der Waals surface area contributed by atoms with Gasteiger partial charge in [0, 0.05) is 122 Å². The van der Waals surface area contributed by atoms with Gasteiger partial charge in [0.05, 0.1) is 59.7 Å². The van der Waals surface area contributed by atoms with Gasteiger partial charge in [-0.2, -0.15) is 0 Å². The maximum absolute atomic E-state index is 12.3. The number of nitrogen functional groups attached to an aromatic ring is 1. The summed E-state index contributed by atoms with van der Waals surface area (Å²) in [5, 5.41) is 11.4. The highest BCUT2D eigenvalue weighted by molar-refractivity contribution is 6.66. The average Bonchev–Trinajstić information content (AvgIpc) is 3.96. The number of nitrogens with two attached hydrogens (primary N) is 1. The van der Waals surface area contributed by atoms with E-state index in [4.69, 9.17) is 36.8 Å². The number of halogens is 1. The number of aromatic nitrogens is 6. The number of allylic oxidation sites excluding steroid dienone is 1. The lowest BCUT2D eigenvalue weighted by Gasteiger charge is -2.50. The molecule has 0 radical (unpaired) electrons. The Morgan fingerprint density at radius 2 is 1.10 bits per heavy atom. The molecule has 77 heavy (non-hydrogen) atoms. The highest BCUT2D eigenvalue weighted by Crippen LogP contribution is 2.42. The first-order valence-electron chi connectivity index (χ1n) is 25.6. The van der Waals surface area contributed by atoms with Crippen molar-refractivity contribution in [3.8, 4) is 34.0 Å². The molecule has 5 N–H and O–H groups in total. The minimum atomic E-state index is -0.509. The molecule has 8 heterocycles. The summed E-state index contributed by atoms with van der Waals surface area (Å²) in [6.07, 6.45) is 12.6. The van der Waals surface area contributed by atoms with E-state index in [1.165, 1.54) is 45.1 Å². The third kappa shape index (κ3) is 11.1. The fourth-order valence-electron chi connectivity index (χ4n) is 10.2. The van der Waals surface area contributed by atoms with Crippen molar-refractivity contribution in [2.75, 3.05) is 98.1 Å². The van der Waals surface area contributed by atoms with E-state index in [0.717, 1.165) is 105 Å². The van der Waals surface area contributed by atoms with E-state index in [9.17, 15) is 9.59 Å². The molecule has 12 rings (SSSR count). The van der Waals surface area contributed by atoms with E-state index in [1.54, 1.807) is 26.6 Å². The van der Waals surface area contributed by atoms with Crippen molar-refractivity contribution in [2.24, 2.45) is 14.1 Å². The number of hydrogen-bond donors (Lipinski definition) is 4. The number of carbonyl (C=O) groups excluding carboxylic acids is 2. The second-order valence-corrected chi connectivity index (χ2v) is 19.8. The zero-order valence-corrected chi connectivity index (χ0v) is 44.5. The van der Waals surface area contributed by atoms with Crippen LogP contribution in [0.15, 0.2) is 135 Å². The van der Waals surface area contributed by atoms with Gasteiger partial charge in [-0.05, 0) is 99.2 Å². The van der Waals surface area contributed by atoms with Crippen LogP contribution in [-0.2, 0) is 23.7 Å². The molecular weight excluding hydrogens is 992 g/mol. The molecule has 0 saturated carbocycles. The fourth-order valence-corrected chi connectivity index (χ4v) is 10.2. The van der Waals surface area contributed by atoms with Crippen LogP contribution in [0.4, 0.5) is 46.0 Å². The molecule has 0 aliphatic carbocycles. The minimum Gasteiger partial charge on any atom is -0.494 e. The van der Waals surface area contributed by atoms with Gasteiger partial charge in [0.15, 0.2) is 0 Å². The molecule has 4 saturated heterocycles. The number of fused-ring (bicyclic) bond motifs is 2. The lowest BCUT2D eigenvalue weighted by molar-refractivity contribution is -0.112. The molecule has 396 valence electrons. The van der Waals surface area contributed by atoms with E-state index < -0.39 is 5.24 Å². The highest BCUT2D eigenvalue weighted by atomic mass is 35.5. The first-order chi connectivity index (χ1) is 37.4. The molecule has 0 atom stereocenters. The summed E-state index contributed by atoms with van der Waals surface area (Å²) in [6.45, 7) is 15.3. The van der Waals surface area contributed by atoms with Crippen LogP contribution in [-0.4, -0.2) is 129 Å². The monoisotopic (exact) mass is 1050 g/mol. The Morgan fingerprint density at radius 3 is 1.55 bits per heavy atom. The van der Waals surface area contributed by atoms with Crippen LogP contribution in [0, 0.1) is 0 Å². The van der Waals surface area contributed by atoms with Crippen molar-refractivity contribution >= 4 is 90.6 Å². The Balaban J connectivity index is 0.000000161. The average molecular weight is 1060 g/mol. The maximum Gasteiger partial charge on any atom is 0.247 e. The topological polar surface area (TPSA) is 189 Å². The van der Waals surface area contributed by atoms with Crippen molar-refractivity contribution in [3.05, 3.63) is 135 Å². The fraction of sp³-hybridized carbons (Fsp3) is 0.276. The summed E-state index contributed by atoms with van der Waals surface area (Å²) in [5.41, 5.74) is 17.3. The molecule has 4 aromatic heterocycles. The zero-order valence-electron chi connectivity index (χ0n) is 43.7. The second-order valence-electron chi connectivity index (χ2n) is 19.4.